The van der Waals surface area contributed by atoms with E-state index in [1.54, 1.807) is 0 Å². The van der Waals surface area contributed by atoms with E-state index in [9.17, 15) is 0 Å². The highest BCUT2D eigenvalue weighted by molar-refractivity contribution is 7.14. The van der Waals surface area contributed by atoms with Gasteiger partial charge in [0.05, 0.1) is 11.5 Å². The first-order valence-corrected chi connectivity index (χ1v) is 10.8. The molecule has 1 aromatic rings. The molecule has 2 N–H and O–H groups in total. The van der Waals surface area contributed by atoms with Crippen molar-refractivity contribution in [2.45, 2.75) is 51.6 Å². The number of rotatable bonds is 6. The molecule has 1 atom stereocenters. The fraction of sp³-hybridized carbons (Fsp3) is 0.737. The Morgan fingerprint density at radius 3 is 2.76 bits per heavy atom. The molecule has 1 unspecified atom stereocenters. The molecule has 3 heterocycles. The highest BCUT2D eigenvalue weighted by atomic mass is 32.1. The van der Waals surface area contributed by atoms with Gasteiger partial charge in [-0.05, 0) is 63.2 Å². The highest BCUT2D eigenvalue weighted by Gasteiger charge is 2.23. The summed E-state index contributed by atoms with van der Waals surface area (Å²) in [6.45, 7) is 10.9. The maximum Gasteiger partial charge on any atom is 0.191 e. The van der Waals surface area contributed by atoms with Crippen molar-refractivity contribution in [3.63, 3.8) is 0 Å². The van der Waals surface area contributed by atoms with Crippen LogP contribution in [0.2, 0.25) is 0 Å². The number of aliphatic imine (C=N–C) groups is 1. The molecule has 0 amide bonds. The third-order valence-electron chi connectivity index (χ3n) is 5.36. The smallest absolute Gasteiger partial charge is 0.191 e. The first-order chi connectivity index (χ1) is 12.3. The molecule has 140 valence electrons. The summed E-state index contributed by atoms with van der Waals surface area (Å²) in [5.74, 6) is 1.00. The van der Waals surface area contributed by atoms with Crippen LogP contribution in [-0.2, 0) is 0 Å². The van der Waals surface area contributed by atoms with Crippen LogP contribution in [0.3, 0.4) is 0 Å². The van der Waals surface area contributed by atoms with Crippen molar-refractivity contribution in [1.29, 1.82) is 0 Å². The summed E-state index contributed by atoms with van der Waals surface area (Å²) >= 11 is 1.84. The lowest BCUT2D eigenvalue weighted by molar-refractivity contribution is 0.273. The molecule has 2 saturated heterocycles. The molecule has 6 heteroatoms. The van der Waals surface area contributed by atoms with Crippen LogP contribution in [0.4, 0.5) is 5.00 Å². The number of hydrogen-bond acceptors (Lipinski definition) is 4. The van der Waals surface area contributed by atoms with Crippen LogP contribution in [0.1, 0.15) is 39.5 Å². The van der Waals surface area contributed by atoms with Gasteiger partial charge in [0.2, 0.25) is 0 Å². The largest absolute Gasteiger partial charge is 0.363 e. The Balaban J connectivity index is 1.49. The van der Waals surface area contributed by atoms with E-state index >= 15 is 0 Å². The molecule has 0 spiro atoms. The van der Waals surface area contributed by atoms with Crippen LogP contribution < -0.4 is 15.5 Å². The van der Waals surface area contributed by atoms with E-state index in [1.807, 2.05) is 11.3 Å². The van der Waals surface area contributed by atoms with E-state index in [-0.39, 0.29) is 0 Å². The SMILES string of the molecule is CCNC(=NCC1CCCN1CC)NC1CCN(c2cccs2)CC1. The van der Waals surface area contributed by atoms with Gasteiger partial charge in [-0.15, -0.1) is 11.3 Å². The van der Waals surface area contributed by atoms with Gasteiger partial charge in [-0.25, -0.2) is 0 Å². The van der Waals surface area contributed by atoms with Crippen LogP contribution in [0.25, 0.3) is 0 Å². The summed E-state index contributed by atoms with van der Waals surface area (Å²) in [5.41, 5.74) is 0. The molecule has 1 aromatic heterocycles. The predicted octanol–water partition coefficient (Wildman–Crippen LogP) is 2.76. The van der Waals surface area contributed by atoms with Crippen LogP contribution in [-0.4, -0.2) is 62.2 Å². The summed E-state index contributed by atoms with van der Waals surface area (Å²) in [4.78, 5) is 9.96. The average molecular weight is 364 g/mol. The van der Waals surface area contributed by atoms with Gasteiger partial charge >= 0.3 is 0 Å². The second kappa shape index (κ2) is 9.43. The minimum Gasteiger partial charge on any atom is -0.363 e. The fourth-order valence-electron chi connectivity index (χ4n) is 3.92. The first kappa shape index (κ1) is 18.5. The van der Waals surface area contributed by atoms with E-state index in [1.165, 1.54) is 37.2 Å². The fourth-order valence-corrected chi connectivity index (χ4v) is 4.71. The molecule has 3 rings (SSSR count). The van der Waals surface area contributed by atoms with Gasteiger partial charge in [0.1, 0.15) is 0 Å². The Hall–Kier alpha value is -1.27. The first-order valence-electron chi connectivity index (χ1n) is 9.87. The van der Waals surface area contributed by atoms with Gasteiger partial charge < -0.3 is 15.5 Å². The minimum absolute atomic E-state index is 0.528. The van der Waals surface area contributed by atoms with E-state index in [2.05, 4.69) is 51.8 Å². The number of piperidine rings is 1. The van der Waals surface area contributed by atoms with Crippen molar-refractivity contribution in [3.8, 4) is 0 Å². The highest BCUT2D eigenvalue weighted by Crippen LogP contribution is 2.24. The second-order valence-electron chi connectivity index (χ2n) is 7.00. The van der Waals surface area contributed by atoms with Gasteiger partial charge in [0.15, 0.2) is 5.96 Å². The van der Waals surface area contributed by atoms with Crippen molar-refractivity contribution in [2.24, 2.45) is 4.99 Å². The number of nitrogens with zero attached hydrogens (tertiary/aromatic N) is 3. The standard InChI is InChI=1S/C19H33N5S/c1-3-20-19(21-15-17-7-5-11-23(17)4-2)22-16-9-12-24(13-10-16)18-8-6-14-25-18/h6,8,14,16-17H,3-5,7,9-13,15H2,1-2H3,(H2,20,21,22). The third-order valence-corrected chi connectivity index (χ3v) is 6.29. The Bertz CT molecular complexity index is 522. The molecule has 5 nitrogen and oxygen atoms in total. The summed E-state index contributed by atoms with van der Waals surface area (Å²) in [6, 6.07) is 5.52. The number of likely N-dealkylation sites (N-methyl/N-ethyl adjacent to an activating group) is 1. The number of thiophene rings is 1. The predicted molar refractivity (Wildman–Crippen MR) is 109 cm³/mol. The normalized spacial score (nSPS) is 23.2. The van der Waals surface area contributed by atoms with Gasteiger partial charge in [-0.3, -0.25) is 9.89 Å². The lowest BCUT2D eigenvalue weighted by atomic mass is 10.1. The van der Waals surface area contributed by atoms with Crippen LogP contribution in [0.5, 0.6) is 0 Å². The molecule has 0 radical (unpaired) electrons. The Kier molecular flexibility index (Phi) is 6.99. The molecule has 0 aromatic carbocycles. The van der Waals surface area contributed by atoms with Gasteiger partial charge in [-0.1, -0.05) is 6.92 Å². The van der Waals surface area contributed by atoms with E-state index in [0.29, 0.717) is 12.1 Å². The lowest BCUT2D eigenvalue weighted by Crippen LogP contribution is -2.49. The van der Waals surface area contributed by atoms with Crippen molar-refractivity contribution in [1.82, 2.24) is 15.5 Å². The zero-order chi connectivity index (χ0) is 17.5. The maximum atomic E-state index is 4.90. The van der Waals surface area contributed by atoms with Gasteiger partial charge in [0.25, 0.3) is 0 Å². The Labute approximate surface area is 156 Å². The van der Waals surface area contributed by atoms with Crippen molar-refractivity contribution >= 4 is 22.3 Å². The Morgan fingerprint density at radius 2 is 2.08 bits per heavy atom. The molecule has 0 saturated carbocycles. The monoisotopic (exact) mass is 363 g/mol. The minimum atomic E-state index is 0.528. The summed E-state index contributed by atoms with van der Waals surface area (Å²) in [5, 5.41) is 10.7. The zero-order valence-electron chi connectivity index (χ0n) is 15.7. The molecule has 2 aliphatic heterocycles. The molecule has 0 aliphatic carbocycles. The number of anilines is 1. The van der Waals surface area contributed by atoms with Crippen molar-refractivity contribution in [3.05, 3.63) is 17.5 Å². The zero-order valence-corrected chi connectivity index (χ0v) is 16.5. The second-order valence-corrected chi connectivity index (χ2v) is 7.93. The molecule has 2 aliphatic rings. The van der Waals surface area contributed by atoms with Crippen molar-refractivity contribution < 1.29 is 0 Å². The number of guanidine groups is 1. The molecular formula is C19H33N5S. The molecular weight excluding hydrogens is 330 g/mol. The van der Waals surface area contributed by atoms with Crippen LogP contribution in [0.15, 0.2) is 22.5 Å². The van der Waals surface area contributed by atoms with Gasteiger partial charge in [0, 0.05) is 31.7 Å². The summed E-state index contributed by atoms with van der Waals surface area (Å²) in [7, 11) is 0. The summed E-state index contributed by atoms with van der Waals surface area (Å²) in [6.07, 6.45) is 4.95. The molecule has 0 bridgehead atoms. The maximum absolute atomic E-state index is 4.90. The summed E-state index contributed by atoms with van der Waals surface area (Å²) < 4.78 is 0. The van der Waals surface area contributed by atoms with Crippen LogP contribution in [0, 0.1) is 0 Å². The average Bonchev–Trinajstić information content (AvgIpc) is 3.32. The van der Waals surface area contributed by atoms with E-state index in [4.69, 9.17) is 4.99 Å². The number of nitrogens with one attached hydrogen (secondary N) is 2. The van der Waals surface area contributed by atoms with E-state index in [0.717, 1.165) is 38.7 Å². The Morgan fingerprint density at radius 1 is 1.24 bits per heavy atom. The topological polar surface area (TPSA) is 42.9 Å². The van der Waals surface area contributed by atoms with Crippen LogP contribution >= 0.6 is 11.3 Å². The third kappa shape index (κ3) is 5.11. The molecule has 25 heavy (non-hydrogen) atoms. The molecule has 2 fully saturated rings. The number of likely N-dealkylation sites (tertiary alicyclic amines) is 1. The van der Waals surface area contributed by atoms with Crippen molar-refractivity contribution in [2.75, 3.05) is 44.2 Å². The quantitative estimate of drug-likeness (QED) is 0.602. The van der Waals surface area contributed by atoms with E-state index < -0.39 is 0 Å². The van der Waals surface area contributed by atoms with Gasteiger partial charge in [-0.2, -0.15) is 0 Å². The lowest BCUT2D eigenvalue weighted by Gasteiger charge is -2.33. The number of hydrogen-bond donors (Lipinski definition) is 2.